The van der Waals surface area contributed by atoms with Crippen LogP contribution in [0.3, 0.4) is 0 Å². The normalized spacial score (nSPS) is 12.4. The molecule has 24 heavy (non-hydrogen) atoms. The van der Waals surface area contributed by atoms with E-state index in [0.717, 1.165) is 11.0 Å². The highest BCUT2D eigenvalue weighted by molar-refractivity contribution is 7.99. The second kappa shape index (κ2) is 7.04. The molecule has 0 atom stereocenters. The number of hydrogen-bond donors (Lipinski definition) is 0. The third kappa shape index (κ3) is 4.03. The van der Waals surface area contributed by atoms with Gasteiger partial charge in [-0.25, -0.2) is 27.2 Å². The van der Waals surface area contributed by atoms with Crippen molar-refractivity contribution in [3.05, 3.63) is 35.4 Å². The lowest BCUT2D eigenvalue weighted by Gasteiger charge is -2.16. The Morgan fingerprint density at radius 3 is 2.33 bits per heavy atom. The first kappa shape index (κ1) is 18.6. The molecule has 0 radical (unpaired) electrons. The molecule has 10 heteroatoms. The van der Waals surface area contributed by atoms with Gasteiger partial charge >= 0.3 is 12.3 Å². The van der Waals surface area contributed by atoms with Gasteiger partial charge in [0.25, 0.3) is 6.43 Å². The predicted octanol–water partition coefficient (Wildman–Crippen LogP) is 4.81. The van der Waals surface area contributed by atoms with Crippen molar-refractivity contribution in [1.82, 2.24) is 14.8 Å². The molecule has 1 aromatic carbocycles. The monoisotopic (exact) mass is 369 g/mol. The van der Waals surface area contributed by atoms with E-state index in [0.29, 0.717) is 33.5 Å². The Morgan fingerprint density at radius 2 is 1.79 bits per heavy atom. The number of nitrogens with zero attached hydrogens (tertiary/aromatic N) is 3. The van der Waals surface area contributed by atoms with Gasteiger partial charge in [-0.15, -0.1) is 16.9 Å². The van der Waals surface area contributed by atoms with Crippen molar-refractivity contribution < 1.29 is 26.3 Å². The van der Waals surface area contributed by atoms with E-state index in [-0.39, 0.29) is 0 Å². The Morgan fingerprint density at radius 1 is 1.12 bits per heavy atom. The number of hydrogen-bond acceptors (Lipinski definition) is 3. The van der Waals surface area contributed by atoms with Crippen molar-refractivity contribution in [3.63, 3.8) is 0 Å². The first-order valence-electron chi connectivity index (χ1n) is 6.72. The van der Waals surface area contributed by atoms with Crippen molar-refractivity contribution in [2.24, 2.45) is 0 Å². The number of halogens is 6. The van der Waals surface area contributed by atoms with E-state index < -0.39 is 30.4 Å². The van der Waals surface area contributed by atoms with Crippen LogP contribution in [0.5, 0.6) is 0 Å². The molecule has 132 valence electrons. The molecule has 0 bridgehead atoms. The van der Waals surface area contributed by atoms with Crippen LogP contribution in [0.1, 0.15) is 23.4 Å². The van der Waals surface area contributed by atoms with Crippen LogP contribution < -0.4 is 0 Å². The van der Waals surface area contributed by atoms with Crippen LogP contribution in [0, 0.1) is 13.8 Å². The fourth-order valence-electron chi connectivity index (χ4n) is 1.95. The first-order valence-corrected chi connectivity index (χ1v) is 7.70. The molecule has 1 heterocycles. The second-order valence-electron chi connectivity index (χ2n) is 5.10. The van der Waals surface area contributed by atoms with Gasteiger partial charge in [-0.3, -0.25) is 0 Å². The highest BCUT2D eigenvalue weighted by Crippen LogP contribution is 2.34. The molecule has 0 N–H and O–H groups in total. The highest BCUT2D eigenvalue weighted by atomic mass is 32.2. The van der Waals surface area contributed by atoms with Crippen LogP contribution in [-0.4, -0.2) is 32.9 Å². The summed E-state index contributed by atoms with van der Waals surface area (Å²) >= 11 is 0.573. The maximum Gasteiger partial charge on any atom is 0.316 e. The molecular formula is C14H13F6N3S. The number of aromatic nitrogens is 3. The van der Waals surface area contributed by atoms with Crippen molar-refractivity contribution in [2.45, 2.75) is 37.5 Å². The fraction of sp³-hybridized carbons (Fsp3) is 0.429. The van der Waals surface area contributed by atoms with Gasteiger partial charge in [0.1, 0.15) is 6.33 Å². The second-order valence-corrected chi connectivity index (χ2v) is 6.12. The van der Waals surface area contributed by atoms with Crippen LogP contribution in [0.15, 0.2) is 23.4 Å². The maximum absolute atomic E-state index is 13.1. The molecule has 0 spiro atoms. The third-order valence-electron chi connectivity index (χ3n) is 3.18. The number of aryl methyl sites for hydroxylation is 2. The van der Waals surface area contributed by atoms with Crippen molar-refractivity contribution in [3.8, 4) is 5.69 Å². The van der Waals surface area contributed by atoms with Crippen LogP contribution in [0.4, 0.5) is 26.3 Å². The Bertz CT molecular complexity index is 717. The molecule has 0 aliphatic rings. The van der Waals surface area contributed by atoms with Crippen LogP contribution in [0.2, 0.25) is 0 Å². The third-order valence-corrected chi connectivity index (χ3v) is 4.46. The van der Waals surface area contributed by atoms with E-state index in [4.69, 9.17) is 0 Å². The van der Waals surface area contributed by atoms with E-state index in [1.807, 2.05) is 0 Å². The average molecular weight is 369 g/mol. The summed E-state index contributed by atoms with van der Waals surface area (Å²) in [6.07, 6.45) is -5.50. The minimum absolute atomic E-state index is 0.338. The average Bonchev–Trinajstić information content (AvgIpc) is 2.96. The van der Waals surface area contributed by atoms with Gasteiger partial charge in [-0.05, 0) is 31.0 Å². The summed E-state index contributed by atoms with van der Waals surface area (Å²) in [5, 5.41) is 3.63. The summed E-state index contributed by atoms with van der Waals surface area (Å²) in [6, 6.07) is 3.09. The Hall–Kier alpha value is -1.71. The molecule has 0 aliphatic heterocycles. The molecule has 1 aromatic heterocycles. The lowest BCUT2D eigenvalue weighted by Crippen LogP contribution is -2.29. The van der Waals surface area contributed by atoms with Gasteiger partial charge in [0.05, 0.1) is 11.4 Å². The highest BCUT2D eigenvalue weighted by Gasteiger charge is 2.40. The van der Waals surface area contributed by atoms with E-state index in [2.05, 4.69) is 10.1 Å². The Labute approximate surface area is 138 Å². The SMILES string of the molecule is Cc1cc(C)c(-n2cnc(C(F)F)n2)cc1SCC(F)(F)C(F)F. The maximum atomic E-state index is 13.1. The molecule has 3 nitrogen and oxygen atoms in total. The fourth-order valence-corrected chi connectivity index (χ4v) is 2.91. The molecule has 0 amide bonds. The van der Waals surface area contributed by atoms with Crippen LogP contribution >= 0.6 is 11.8 Å². The zero-order valence-electron chi connectivity index (χ0n) is 12.6. The summed E-state index contributed by atoms with van der Waals surface area (Å²) in [5.74, 6) is -5.86. The minimum Gasteiger partial charge on any atom is -0.220 e. The standard InChI is InChI=1S/C14H13F6N3S/c1-7-3-8(2)10(24-5-14(19,20)13(17)18)4-9(7)23-6-21-12(22-23)11(15)16/h3-4,6,11,13H,5H2,1-2H3. The Balaban J connectivity index is 2.31. The summed E-state index contributed by atoms with van der Waals surface area (Å²) in [4.78, 5) is 3.81. The summed E-state index contributed by atoms with van der Waals surface area (Å²) in [7, 11) is 0. The molecule has 2 rings (SSSR count). The van der Waals surface area contributed by atoms with Gasteiger partial charge in [0, 0.05) is 4.90 Å². The van der Waals surface area contributed by atoms with E-state index in [9.17, 15) is 26.3 Å². The van der Waals surface area contributed by atoms with E-state index in [1.54, 1.807) is 19.9 Å². The van der Waals surface area contributed by atoms with Crippen LogP contribution in [0.25, 0.3) is 5.69 Å². The minimum atomic E-state index is -4.11. The lowest BCUT2D eigenvalue weighted by atomic mass is 10.1. The number of alkyl halides is 6. The summed E-state index contributed by atoms with van der Waals surface area (Å²) < 4.78 is 76.9. The largest absolute Gasteiger partial charge is 0.316 e. The number of benzene rings is 1. The van der Waals surface area contributed by atoms with Crippen molar-refractivity contribution in [2.75, 3.05) is 5.75 Å². The summed E-state index contributed by atoms with van der Waals surface area (Å²) in [6.45, 7) is 3.33. The first-order chi connectivity index (χ1) is 11.1. The molecule has 0 saturated carbocycles. The van der Waals surface area contributed by atoms with Gasteiger partial charge in [-0.2, -0.15) is 8.78 Å². The van der Waals surface area contributed by atoms with Gasteiger partial charge in [0.15, 0.2) is 0 Å². The molecule has 0 unspecified atom stereocenters. The molecular weight excluding hydrogens is 356 g/mol. The lowest BCUT2D eigenvalue weighted by molar-refractivity contribution is -0.109. The molecule has 2 aromatic rings. The predicted molar refractivity (Wildman–Crippen MR) is 77.5 cm³/mol. The Kier molecular flexibility index (Phi) is 5.46. The number of rotatable bonds is 6. The van der Waals surface area contributed by atoms with Gasteiger partial charge < -0.3 is 0 Å². The quantitative estimate of drug-likeness (QED) is 0.541. The number of thioether (sulfide) groups is 1. The molecule has 0 aliphatic carbocycles. The smallest absolute Gasteiger partial charge is 0.220 e. The zero-order chi connectivity index (χ0) is 18.1. The van der Waals surface area contributed by atoms with Crippen molar-refractivity contribution in [1.29, 1.82) is 0 Å². The zero-order valence-corrected chi connectivity index (χ0v) is 13.4. The van der Waals surface area contributed by atoms with Crippen LogP contribution in [-0.2, 0) is 0 Å². The van der Waals surface area contributed by atoms with E-state index >= 15 is 0 Å². The van der Waals surface area contributed by atoms with E-state index in [1.165, 1.54) is 6.07 Å². The molecule has 0 saturated heterocycles. The van der Waals surface area contributed by atoms with Crippen molar-refractivity contribution >= 4 is 11.8 Å². The van der Waals surface area contributed by atoms with Gasteiger partial charge in [0.2, 0.25) is 5.82 Å². The topological polar surface area (TPSA) is 30.7 Å². The molecule has 0 fully saturated rings. The summed E-state index contributed by atoms with van der Waals surface area (Å²) in [5.41, 5.74) is 1.63. The van der Waals surface area contributed by atoms with Gasteiger partial charge in [-0.1, -0.05) is 6.07 Å².